The molecule has 1 aliphatic carbocycles. The minimum atomic E-state index is 0.00762. The summed E-state index contributed by atoms with van der Waals surface area (Å²) in [6.07, 6.45) is 6.46. The summed E-state index contributed by atoms with van der Waals surface area (Å²) in [6.45, 7) is 3.11. The zero-order chi connectivity index (χ0) is 14.5. The normalized spacial score (nSPS) is 22.6. The number of amides is 1. The van der Waals surface area contributed by atoms with Crippen molar-refractivity contribution in [3.05, 3.63) is 32.7 Å². The topological polar surface area (TPSA) is 29.1 Å². The van der Waals surface area contributed by atoms with Crippen molar-refractivity contribution in [3.8, 4) is 0 Å². The SMILES string of the molecule is CC1CCCC(CCNC(=O)c2ccc(Br)cc2Br)C1. The zero-order valence-corrected chi connectivity index (χ0v) is 15.0. The first-order valence-electron chi connectivity index (χ1n) is 7.29. The van der Waals surface area contributed by atoms with Gasteiger partial charge in [-0.25, -0.2) is 0 Å². The number of hydrogen-bond acceptors (Lipinski definition) is 1. The van der Waals surface area contributed by atoms with Crippen LogP contribution in [-0.4, -0.2) is 12.5 Å². The second-order valence-corrected chi connectivity index (χ2v) is 7.58. The van der Waals surface area contributed by atoms with E-state index in [1.165, 1.54) is 25.7 Å². The van der Waals surface area contributed by atoms with Crippen LogP contribution >= 0.6 is 31.9 Å². The van der Waals surface area contributed by atoms with Crippen molar-refractivity contribution in [1.82, 2.24) is 5.32 Å². The van der Waals surface area contributed by atoms with Gasteiger partial charge in [0.1, 0.15) is 0 Å². The lowest BCUT2D eigenvalue weighted by Gasteiger charge is -2.26. The van der Waals surface area contributed by atoms with Crippen molar-refractivity contribution < 1.29 is 4.79 Å². The fourth-order valence-electron chi connectivity index (χ4n) is 2.98. The summed E-state index contributed by atoms with van der Waals surface area (Å²) in [6, 6.07) is 5.63. The molecule has 0 spiro atoms. The molecular formula is C16H21Br2NO. The van der Waals surface area contributed by atoms with Crippen molar-refractivity contribution in [3.63, 3.8) is 0 Å². The lowest BCUT2D eigenvalue weighted by molar-refractivity contribution is 0.0949. The third kappa shape index (κ3) is 4.59. The molecule has 1 aliphatic rings. The minimum Gasteiger partial charge on any atom is -0.352 e. The number of benzene rings is 1. The molecule has 1 saturated carbocycles. The van der Waals surface area contributed by atoms with Crippen molar-refractivity contribution in [2.75, 3.05) is 6.54 Å². The van der Waals surface area contributed by atoms with Crippen LogP contribution in [0.1, 0.15) is 49.4 Å². The van der Waals surface area contributed by atoms with E-state index in [0.717, 1.165) is 33.7 Å². The van der Waals surface area contributed by atoms with Crippen molar-refractivity contribution >= 4 is 37.8 Å². The summed E-state index contributed by atoms with van der Waals surface area (Å²) in [5, 5.41) is 3.04. The van der Waals surface area contributed by atoms with Crippen LogP contribution in [0.15, 0.2) is 27.1 Å². The van der Waals surface area contributed by atoms with Crippen LogP contribution in [0.3, 0.4) is 0 Å². The molecular weight excluding hydrogens is 382 g/mol. The first-order valence-corrected chi connectivity index (χ1v) is 8.88. The number of carbonyl (C=O) groups excluding carboxylic acids is 1. The van der Waals surface area contributed by atoms with E-state index in [4.69, 9.17) is 0 Å². The van der Waals surface area contributed by atoms with Crippen molar-refractivity contribution in [2.45, 2.75) is 39.0 Å². The highest BCUT2D eigenvalue weighted by Crippen LogP contribution is 2.30. The summed E-state index contributed by atoms with van der Waals surface area (Å²) < 4.78 is 1.80. The Hall–Kier alpha value is -0.350. The van der Waals surface area contributed by atoms with Gasteiger partial charge in [0.25, 0.3) is 5.91 Å². The first-order chi connectivity index (χ1) is 9.56. The summed E-state index contributed by atoms with van der Waals surface area (Å²) in [5.74, 6) is 1.64. The average molecular weight is 403 g/mol. The largest absolute Gasteiger partial charge is 0.352 e. The van der Waals surface area contributed by atoms with E-state index in [1.54, 1.807) is 0 Å². The summed E-state index contributed by atoms with van der Waals surface area (Å²) in [4.78, 5) is 12.1. The third-order valence-corrected chi connectivity index (χ3v) is 5.21. The molecule has 1 aromatic rings. The molecule has 1 amide bonds. The van der Waals surface area contributed by atoms with E-state index < -0.39 is 0 Å². The molecule has 0 aliphatic heterocycles. The number of rotatable bonds is 4. The highest BCUT2D eigenvalue weighted by Gasteiger charge is 2.19. The molecule has 2 nitrogen and oxygen atoms in total. The van der Waals surface area contributed by atoms with Crippen LogP contribution in [0, 0.1) is 11.8 Å². The molecule has 20 heavy (non-hydrogen) atoms. The number of halogens is 2. The van der Waals surface area contributed by atoms with Crippen LogP contribution in [-0.2, 0) is 0 Å². The molecule has 4 heteroatoms. The third-order valence-electron chi connectivity index (χ3n) is 4.06. The molecule has 1 N–H and O–H groups in total. The fraction of sp³-hybridized carbons (Fsp3) is 0.562. The van der Waals surface area contributed by atoms with E-state index >= 15 is 0 Å². The molecule has 2 rings (SSSR count). The molecule has 0 bridgehead atoms. The monoisotopic (exact) mass is 401 g/mol. The van der Waals surface area contributed by atoms with Crippen LogP contribution in [0.25, 0.3) is 0 Å². The maximum absolute atomic E-state index is 12.1. The average Bonchev–Trinajstić information content (AvgIpc) is 2.38. The van der Waals surface area contributed by atoms with Gasteiger partial charge in [-0.05, 0) is 58.8 Å². The van der Waals surface area contributed by atoms with Gasteiger partial charge in [0.2, 0.25) is 0 Å². The Morgan fingerprint density at radius 1 is 1.35 bits per heavy atom. The Balaban J connectivity index is 1.80. The van der Waals surface area contributed by atoms with Crippen LogP contribution in [0.2, 0.25) is 0 Å². The second-order valence-electron chi connectivity index (χ2n) is 5.81. The van der Waals surface area contributed by atoms with Gasteiger partial charge in [-0.3, -0.25) is 4.79 Å². The lowest BCUT2D eigenvalue weighted by atomic mass is 9.81. The van der Waals surface area contributed by atoms with E-state index in [2.05, 4.69) is 44.1 Å². The Kier molecular flexibility index (Phi) is 6.09. The van der Waals surface area contributed by atoms with Gasteiger partial charge in [-0.15, -0.1) is 0 Å². The number of hydrogen-bond donors (Lipinski definition) is 1. The first kappa shape index (κ1) is 16.0. The molecule has 1 aromatic carbocycles. The van der Waals surface area contributed by atoms with Gasteiger partial charge < -0.3 is 5.32 Å². The van der Waals surface area contributed by atoms with E-state index in [1.807, 2.05) is 18.2 Å². The fourth-order valence-corrected chi connectivity index (χ4v) is 4.21. The molecule has 2 atom stereocenters. The summed E-state index contributed by atoms with van der Waals surface area (Å²) >= 11 is 6.83. The second kappa shape index (κ2) is 7.60. The van der Waals surface area contributed by atoms with E-state index in [-0.39, 0.29) is 5.91 Å². The van der Waals surface area contributed by atoms with Crippen LogP contribution < -0.4 is 5.32 Å². The Bertz CT molecular complexity index is 476. The smallest absolute Gasteiger partial charge is 0.252 e. The predicted molar refractivity (Wildman–Crippen MR) is 89.9 cm³/mol. The van der Waals surface area contributed by atoms with Gasteiger partial charge in [0.05, 0.1) is 5.56 Å². The molecule has 0 radical (unpaired) electrons. The Morgan fingerprint density at radius 3 is 2.85 bits per heavy atom. The highest BCUT2D eigenvalue weighted by atomic mass is 79.9. The summed E-state index contributed by atoms with van der Waals surface area (Å²) in [5.41, 5.74) is 0.699. The van der Waals surface area contributed by atoms with Crippen molar-refractivity contribution in [2.24, 2.45) is 11.8 Å². The standard InChI is InChI=1S/C16H21Br2NO/c1-11-3-2-4-12(9-11)7-8-19-16(20)14-6-5-13(17)10-15(14)18/h5-6,10-12H,2-4,7-9H2,1H3,(H,19,20). The number of carbonyl (C=O) groups is 1. The van der Waals surface area contributed by atoms with Gasteiger partial charge in [0, 0.05) is 15.5 Å². The van der Waals surface area contributed by atoms with Gasteiger partial charge in [-0.1, -0.05) is 42.1 Å². The molecule has 0 saturated heterocycles. The maximum atomic E-state index is 12.1. The predicted octanol–water partition coefficient (Wildman–Crippen LogP) is 5.16. The summed E-state index contributed by atoms with van der Waals surface area (Å²) in [7, 11) is 0. The highest BCUT2D eigenvalue weighted by molar-refractivity contribution is 9.11. The van der Waals surface area contributed by atoms with Crippen LogP contribution in [0.5, 0.6) is 0 Å². The van der Waals surface area contributed by atoms with E-state index in [0.29, 0.717) is 5.56 Å². The van der Waals surface area contributed by atoms with Gasteiger partial charge >= 0.3 is 0 Å². The Morgan fingerprint density at radius 2 is 2.15 bits per heavy atom. The maximum Gasteiger partial charge on any atom is 0.252 e. The molecule has 1 fully saturated rings. The van der Waals surface area contributed by atoms with Crippen LogP contribution in [0.4, 0.5) is 0 Å². The minimum absolute atomic E-state index is 0.00762. The Labute approximate surface area is 138 Å². The number of nitrogens with one attached hydrogen (secondary N) is 1. The molecule has 0 heterocycles. The molecule has 2 unspecified atom stereocenters. The van der Waals surface area contributed by atoms with Gasteiger partial charge in [-0.2, -0.15) is 0 Å². The molecule has 110 valence electrons. The van der Waals surface area contributed by atoms with E-state index in [9.17, 15) is 4.79 Å². The lowest BCUT2D eigenvalue weighted by Crippen LogP contribution is -2.27. The van der Waals surface area contributed by atoms with Crippen molar-refractivity contribution in [1.29, 1.82) is 0 Å². The molecule has 0 aromatic heterocycles. The zero-order valence-electron chi connectivity index (χ0n) is 11.8. The van der Waals surface area contributed by atoms with Gasteiger partial charge in [0.15, 0.2) is 0 Å². The quantitative estimate of drug-likeness (QED) is 0.740.